The fourth-order valence-electron chi connectivity index (χ4n) is 5.63. The number of hydrogen-bond acceptors (Lipinski definition) is 14. The van der Waals surface area contributed by atoms with Gasteiger partial charge in [0.25, 0.3) is 0 Å². The molecule has 0 aromatic rings. The van der Waals surface area contributed by atoms with Gasteiger partial charge in [-0.25, -0.2) is 0 Å². The molecule has 3 fully saturated rings. The molecule has 18 nitrogen and oxygen atoms in total. The first-order valence-electron chi connectivity index (χ1n) is 16.2. The fraction of sp³-hybridized carbons (Fsp3) is 0.800. The standard InChI is InChI=1S/C30H50N4O14/c1-4-31-16(35)8-6-5-7-9-32-26(42)17-18(27(43)33-10-12-45-29-24(40)22(38)20(36)14(2)47-29)19(17)28(44)34-11-13-46-30-25(41)23(39)21(37)15(3)48-30/h4,14-15,17-25,29-30,36-41H,1,5-13H2,2-3H3,(H,31,35)(H,32,42)(H,33,43)(H,34,44)/t14-,15-,17?,18?,19?,20+,21+,22+,23+,24-,25-,29+,30+/m0/s1. The zero-order valence-electron chi connectivity index (χ0n) is 27.1. The third-order valence-electron chi connectivity index (χ3n) is 8.55. The zero-order chi connectivity index (χ0) is 35.5. The summed E-state index contributed by atoms with van der Waals surface area (Å²) < 4.78 is 21.6. The number of rotatable bonds is 18. The second kappa shape index (κ2) is 18.8. The predicted molar refractivity (Wildman–Crippen MR) is 163 cm³/mol. The first kappa shape index (κ1) is 39.7. The number of carbonyl (C=O) groups excluding carboxylic acids is 4. The average molecular weight is 691 g/mol. The van der Waals surface area contributed by atoms with Crippen molar-refractivity contribution in [1.82, 2.24) is 21.3 Å². The Morgan fingerprint density at radius 2 is 1.04 bits per heavy atom. The molecule has 0 spiro atoms. The van der Waals surface area contributed by atoms with E-state index in [9.17, 15) is 49.8 Å². The average Bonchev–Trinajstić information content (AvgIpc) is 3.81. The number of carbonyl (C=O) groups is 4. The summed E-state index contributed by atoms with van der Waals surface area (Å²) in [5.74, 6) is -4.78. The lowest BCUT2D eigenvalue weighted by molar-refractivity contribution is -0.292. The molecule has 12 atom stereocenters. The number of aliphatic hydroxyl groups is 6. The second-order valence-electron chi connectivity index (χ2n) is 12.1. The van der Waals surface area contributed by atoms with Crippen LogP contribution in [-0.4, -0.2) is 149 Å². The van der Waals surface area contributed by atoms with Crippen LogP contribution < -0.4 is 21.3 Å². The summed E-state index contributed by atoms with van der Waals surface area (Å²) in [5.41, 5.74) is 0. The minimum absolute atomic E-state index is 0.0758. The zero-order valence-corrected chi connectivity index (χ0v) is 27.1. The molecule has 2 heterocycles. The van der Waals surface area contributed by atoms with Crippen molar-refractivity contribution in [1.29, 1.82) is 0 Å². The fourth-order valence-corrected chi connectivity index (χ4v) is 5.63. The van der Waals surface area contributed by atoms with E-state index in [1.807, 2.05) is 0 Å². The van der Waals surface area contributed by atoms with Crippen molar-refractivity contribution in [2.45, 2.75) is 101 Å². The Hall–Kier alpha value is -2.78. The van der Waals surface area contributed by atoms with Crippen LogP contribution in [0.3, 0.4) is 0 Å². The number of hydrogen-bond donors (Lipinski definition) is 10. The van der Waals surface area contributed by atoms with E-state index >= 15 is 0 Å². The third kappa shape index (κ3) is 10.6. The Bertz CT molecular complexity index is 1040. The molecule has 0 bridgehead atoms. The van der Waals surface area contributed by atoms with Crippen LogP contribution in [-0.2, 0) is 38.1 Å². The van der Waals surface area contributed by atoms with Crippen molar-refractivity contribution in [3.8, 4) is 0 Å². The molecule has 10 N–H and O–H groups in total. The molecule has 4 amide bonds. The van der Waals surface area contributed by atoms with Gasteiger partial charge in [-0.15, -0.1) is 0 Å². The summed E-state index contributed by atoms with van der Waals surface area (Å²) >= 11 is 0. The Morgan fingerprint density at radius 1 is 0.625 bits per heavy atom. The van der Waals surface area contributed by atoms with E-state index in [1.54, 1.807) is 0 Å². The monoisotopic (exact) mass is 690 g/mol. The van der Waals surface area contributed by atoms with E-state index in [4.69, 9.17) is 18.9 Å². The molecule has 0 radical (unpaired) electrons. The molecule has 1 aliphatic carbocycles. The summed E-state index contributed by atoms with van der Waals surface area (Å²) in [6.07, 6.45) is -9.26. The van der Waals surface area contributed by atoms with Gasteiger partial charge in [-0.2, -0.15) is 0 Å². The van der Waals surface area contributed by atoms with Gasteiger partial charge in [0.15, 0.2) is 12.6 Å². The SMILES string of the molecule is C=CNC(=O)CCCCCNC(=O)C1C(C(=O)NCCO[C@@H]2O[C@@H](C)[C@@H](O)[C@@H](O)[C@@H]2O)C1C(=O)NCCO[C@@H]1O[C@@H](C)[C@@H](O)[C@@H](O)[C@@H]1O. The van der Waals surface area contributed by atoms with Crippen LogP contribution in [0.1, 0.15) is 39.5 Å². The molecular weight excluding hydrogens is 640 g/mol. The highest BCUT2D eigenvalue weighted by Gasteiger charge is 2.62. The van der Waals surface area contributed by atoms with E-state index in [2.05, 4.69) is 27.8 Å². The Labute approximate surface area is 278 Å². The summed E-state index contributed by atoms with van der Waals surface area (Å²) in [5, 5.41) is 70.1. The van der Waals surface area contributed by atoms with Crippen molar-refractivity contribution < 1.29 is 68.8 Å². The van der Waals surface area contributed by atoms with Crippen LogP contribution >= 0.6 is 0 Å². The van der Waals surface area contributed by atoms with Crippen molar-refractivity contribution in [2.75, 3.05) is 32.8 Å². The maximum Gasteiger partial charge on any atom is 0.224 e. The maximum absolute atomic E-state index is 13.1. The quantitative estimate of drug-likeness (QED) is 0.0610. The molecule has 2 saturated heterocycles. The van der Waals surface area contributed by atoms with E-state index in [0.717, 1.165) is 0 Å². The molecule has 0 aromatic carbocycles. The van der Waals surface area contributed by atoms with Crippen LogP contribution in [0.2, 0.25) is 0 Å². The largest absolute Gasteiger partial charge is 0.388 e. The van der Waals surface area contributed by atoms with Crippen molar-refractivity contribution in [2.24, 2.45) is 17.8 Å². The van der Waals surface area contributed by atoms with Gasteiger partial charge in [-0.05, 0) is 32.9 Å². The molecule has 2 unspecified atom stereocenters. The summed E-state index contributed by atoms with van der Waals surface area (Å²) in [7, 11) is 0. The Morgan fingerprint density at radius 3 is 1.46 bits per heavy atom. The molecule has 1 saturated carbocycles. The molecule has 2 aliphatic heterocycles. The first-order valence-corrected chi connectivity index (χ1v) is 16.2. The smallest absolute Gasteiger partial charge is 0.224 e. The molecule has 18 heteroatoms. The van der Waals surface area contributed by atoms with Gasteiger partial charge in [0.05, 0.1) is 43.2 Å². The Kier molecular flexibility index (Phi) is 15.6. The number of unbranched alkanes of at least 4 members (excludes halogenated alkanes) is 2. The Balaban J connectivity index is 1.48. The number of amides is 4. The number of nitrogens with one attached hydrogen (secondary N) is 4. The predicted octanol–water partition coefficient (Wildman–Crippen LogP) is -4.29. The lowest BCUT2D eigenvalue weighted by Gasteiger charge is -2.38. The van der Waals surface area contributed by atoms with Gasteiger partial charge in [-0.1, -0.05) is 13.0 Å². The first-order chi connectivity index (χ1) is 22.8. The molecule has 3 aliphatic rings. The van der Waals surface area contributed by atoms with Crippen LogP contribution in [0.5, 0.6) is 0 Å². The number of aliphatic hydroxyl groups excluding tert-OH is 6. The maximum atomic E-state index is 13.1. The topological polar surface area (TPSA) is 275 Å². The van der Waals surface area contributed by atoms with Gasteiger partial charge in [0.2, 0.25) is 23.6 Å². The molecule has 48 heavy (non-hydrogen) atoms. The van der Waals surface area contributed by atoms with Gasteiger partial charge in [-0.3, -0.25) is 19.2 Å². The van der Waals surface area contributed by atoms with Gasteiger partial charge < -0.3 is 70.9 Å². The van der Waals surface area contributed by atoms with Gasteiger partial charge in [0.1, 0.15) is 36.6 Å². The third-order valence-corrected chi connectivity index (χ3v) is 8.55. The number of ether oxygens (including phenoxy) is 4. The molecule has 3 rings (SSSR count). The van der Waals surface area contributed by atoms with Crippen LogP contribution in [0.25, 0.3) is 0 Å². The lowest BCUT2D eigenvalue weighted by Crippen LogP contribution is -2.57. The minimum Gasteiger partial charge on any atom is -0.388 e. The second-order valence-corrected chi connectivity index (χ2v) is 12.1. The highest BCUT2D eigenvalue weighted by Crippen LogP contribution is 2.47. The van der Waals surface area contributed by atoms with E-state index < -0.39 is 96.9 Å². The van der Waals surface area contributed by atoms with E-state index in [0.29, 0.717) is 25.7 Å². The molecule has 0 aromatic heterocycles. The van der Waals surface area contributed by atoms with E-state index in [1.165, 1.54) is 20.0 Å². The van der Waals surface area contributed by atoms with Crippen LogP contribution in [0.15, 0.2) is 12.8 Å². The minimum atomic E-state index is -1.52. The molecule has 274 valence electrons. The van der Waals surface area contributed by atoms with E-state index in [-0.39, 0.29) is 38.8 Å². The van der Waals surface area contributed by atoms with Gasteiger partial charge >= 0.3 is 0 Å². The normalized spacial score (nSPS) is 36.0. The van der Waals surface area contributed by atoms with Gasteiger partial charge in [0, 0.05) is 26.1 Å². The summed E-state index contributed by atoms with van der Waals surface area (Å²) in [4.78, 5) is 50.6. The summed E-state index contributed by atoms with van der Waals surface area (Å²) in [6, 6.07) is 0. The van der Waals surface area contributed by atoms with Crippen LogP contribution in [0.4, 0.5) is 0 Å². The van der Waals surface area contributed by atoms with Crippen molar-refractivity contribution in [3.05, 3.63) is 12.8 Å². The summed E-state index contributed by atoms with van der Waals surface area (Å²) in [6.45, 7) is 6.25. The van der Waals surface area contributed by atoms with Crippen LogP contribution in [0, 0.1) is 17.8 Å². The van der Waals surface area contributed by atoms with Crippen molar-refractivity contribution >= 4 is 23.6 Å². The highest BCUT2D eigenvalue weighted by molar-refractivity contribution is 6.02. The lowest BCUT2D eigenvalue weighted by atomic mass is 10.0. The highest BCUT2D eigenvalue weighted by atomic mass is 16.7. The molecular formula is C30H50N4O14. The van der Waals surface area contributed by atoms with Crippen molar-refractivity contribution in [3.63, 3.8) is 0 Å².